The van der Waals surface area contributed by atoms with Crippen molar-refractivity contribution in [3.05, 3.63) is 182 Å². The molecule has 2 nitrogen and oxygen atoms in total. The molecule has 0 unspecified atom stereocenters. The Bertz CT molecular complexity index is 2740. The number of aromatic nitrogens is 2. The summed E-state index contributed by atoms with van der Waals surface area (Å²) < 4.78 is 2.42. The van der Waals surface area contributed by atoms with Crippen molar-refractivity contribution < 1.29 is 0 Å². The van der Waals surface area contributed by atoms with Gasteiger partial charge in [0.1, 0.15) is 0 Å². The van der Waals surface area contributed by atoms with Crippen LogP contribution in [-0.4, -0.2) is 9.55 Å². The fraction of sp³-hybridized carbons (Fsp3) is 0. The molecule has 0 aliphatic rings. The van der Waals surface area contributed by atoms with Gasteiger partial charge in [-0.3, -0.25) is 4.98 Å². The molecule has 0 fully saturated rings. The van der Waals surface area contributed by atoms with Crippen molar-refractivity contribution in [2.24, 2.45) is 0 Å². The number of benzene rings is 8. The molecule has 0 saturated carbocycles. The minimum atomic E-state index is 0.997. The molecule has 0 saturated heterocycles. The summed E-state index contributed by atoms with van der Waals surface area (Å²) in [6, 6.07) is 63.8. The predicted molar refractivity (Wildman–Crippen MR) is 207 cm³/mol. The Hall–Kier alpha value is -6.51. The van der Waals surface area contributed by atoms with E-state index in [2.05, 4.69) is 180 Å². The highest BCUT2D eigenvalue weighted by atomic mass is 15.0. The molecule has 228 valence electrons. The lowest BCUT2D eigenvalue weighted by Crippen LogP contribution is -1.95. The van der Waals surface area contributed by atoms with Gasteiger partial charge in [-0.15, -0.1) is 0 Å². The summed E-state index contributed by atoms with van der Waals surface area (Å²) in [5, 5.41) is 9.84. The van der Waals surface area contributed by atoms with E-state index in [-0.39, 0.29) is 0 Å². The first kappa shape index (κ1) is 27.6. The van der Waals surface area contributed by atoms with Crippen LogP contribution >= 0.6 is 0 Å². The highest BCUT2D eigenvalue weighted by molar-refractivity contribution is 6.13. The van der Waals surface area contributed by atoms with Gasteiger partial charge in [0.25, 0.3) is 0 Å². The summed E-state index contributed by atoms with van der Waals surface area (Å²) in [7, 11) is 0. The van der Waals surface area contributed by atoms with Gasteiger partial charge >= 0.3 is 0 Å². The van der Waals surface area contributed by atoms with E-state index in [0.717, 1.165) is 22.3 Å². The molecule has 0 radical (unpaired) electrons. The van der Waals surface area contributed by atoms with E-state index in [1.807, 2.05) is 6.20 Å². The third kappa shape index (κ3) is 4.46. The van der Waals surface area contributed by atoms with Gasteiger partial charge in [-0.25, -0.2) is 0 Å². The van der Waals surface area contributed by atoms with Crippen LogP contribution < -0.4 is 0 Å². The molecule has 0 spiro atoms. The van der Waals surface area contributed by atoms with E-state index < -0.39 is 0 Å². The lowest BCUT2D eigenvalue weighted by Gasteiger charge is -2.12. The summed E-state index contributed by atoms with van der Waals surface area (Å²) in [6.07, 6.45) is 1.91. The molecular weight excluding hydrogens is 593 g/mol. The first-order valence-electron chi connectivity index (χ1n) is 16.8. The minimum Gasteiger partial charge on any atom is -0.309 e. The monoisotopic (exact) mass is 622 g/mol. The first-order valence-corrected chi connectivity index (χ1v) is 16.8. The Morgan fingerprint density at radius 3 is 1.47 bits per heavy atom. The smallest absolute Gasteiger partial charge is 0.0781 e. The highest BCUT2D eigenvalue weighted by Gasteiger charge is 2.17. The van der Waals surface area contributed by atoms with Crippen molar-refractivity contribution in [3.63, 3.8) is 0 Å². The molecule has 0 bridgehead atoms. The van der Waals surface area contributed by atoms with Crippen molar-refractivity contribution in [1.82, 2.24) is 9.55 Å². The molecule has 0 amide bonds. The molecule has 2 heterocycles. The quantitative estimate of drug-likeness (QED) is 0.191. The van der Waals surface area contributed by atoms with E-state index in [0.29, 0.717) is 0 Å². The van der Waals surface area contributed by atoms with E-state index >= 15 is 0 Å². The highest BCUT2D eigenvalue weighted by Crippen LogP contribution is 2.40. The molecule has 2 heteroatoms. The van der Waals surface area contributed by atoms with Gasteiger partial charge in [0, 0.05) is 33.6 Å². The number of nitrogens with zero attached hydrogens (tertiary/aromatic N) is 2. The Morgan fingerprint density at radius 1 is 0.347 bits per heavy atom. The molecule has 0 atom stereocenters. The molecule has 0 aliphatic carbocycles. The van der Waals surface area contributed by atoms with Crippen molar-refractivity contribution in [3.8, 4) is 39.2 Å². The maximum Gasteiger partial charge on any atom is 0.0781 e. The summed E-state index contributed by atoms with van der Waals surface area (Å²) in [4.78, 5) is 4.86. The third-order valence-corrected chi connectivity index (χ3v) is 10.0. The molecular formula is C47H30N2. The summed E-state index contributed by atoms with van der Waals surface area (Å²) >= 11 is 0. The largest absolute Gasteiger partial charge is 0.309 e. The Kier molecular flexibility index (Phi) is 6.22. The van der Waals surface area contributed by atoms with Crippen molar-refractivity contribution >= 4 is 54.1 Å². The molecule has 8 aromatic carbocycles. The number of hydrogen-bond donors (Lipinski definition) is 0. The predicted octanol–water partition coefficient (Wildman–Crippen LogP) is 12.6. The average molecular weight is 623 g/mol. The average Bonchev–Trinajstić information content (AvgIpc) is 3.50. The van der Waals surface area contributed by atoms with Gasteiger partial charge in [0.2, 0.25) is 0 Å². The second-order valence-electron chi connectivity index (χ2n) is 12.8. The summed E-state index contributed by atoms with van der Waals surface area (Å²) in [6.45, 7) is 0. The molecule has 10 aromatic rings. The van der Waals surface area contributed by atoms with E-state index in [1.165, 1.54) is 71.0 Å². The fourth-order valence-electron chi connectivity index (χ4n) is 7.73. The van der Waals surface area contributed by atoms with Gasteiger partial charge in [-0.05, 0) is 91.6 Å². The van der Waals surface area contributed by atoms with Crippen LogP contribution in [0.4, 0.5) is 0 Å². The van der Waals surface area contributed by atoms with Crippen molar-refractivity contribution in [1.29, 1.82) is 0 Å². The van der Waals surface area contributed by atoms with Gasteiger partial charge < -0.3 is 4.57 Å². The van der Waals surface area contributed by atoms with Crippen LogP contribution in [0.15, 0.2) is 182 Å². The van der Waals surface area contributed by atoms with Crippen LogP contribution in [-0.2, 0) is 0 Å². The number of rotatable bonds is 4. The SMILES string of the molecule is c1cc(-c2nccc3ccccc23)cc(-n2c3ccc(-c4cccc5ccccc45)cc3c3cc(-c4cccc5ccccc45)ccc32)c1. The first-order chi connectivity index (χ1) is 24.3. The van der Waals surface area contributed by atoms with E-state index in [9.17, 15) is 0 Å². The Balaban J connectivity index is 1.24. The van der Waals surface area contributed by atoms with Crippen LogP contribution in [0.2, 0.25) is 0 Å². The zero-order valence-corrected chi connectivity index (χ0v) is 26.7. The van der Waals surface area contributed by atoms with Crippen molar-refractivity contribution in [2.45, 2.75) is 0 Å². The Labute approximate surface area is 284 Å². The number of pyridine rings is 1. The maximum atomic E-state index is 4.86. The van der Waals surface area contributed by atoms with Gasteiger partial charge in [-0.2, -0.15) is 0 Å². The molecule has 0 N–H and O–H groups in total. The van der Waals surface area contributed by atoms with Gasteiger partial charge in [-0.1, -0.05) is 133 Å². The third-order valence-electron chi connectivity index (χ3n) is 10.0. The van der Waals surface area contributed by atoms with Crippen LogP contribution in [0.25, 0.3) is 93.3 Å². The fourth-order valence-corrected chi connectivity index (χ4v) is 7.73. The maximum absolute atomic E-state index is 4.86. The second-order valence-corrected chi connectivity index (χ2v) is 12.8. The van der Waals surface area contributed by atoms with Crippen LogP contribution in [0.5, 0.6) is 0 Å². The normalized spacial score (nSPS) is 11.7. The van der Waals surface area contributed by atoms with Crippen LogP contribution in [0.1, 0.15) is 0 Å². The van der Waals surface area contributed by atoms with Gasteiger partial charge in [0.15, 0.2) is 0 Å². The molecule has 0 aliphatic heterocycles. The van der Waals surface area contributed by atoms with Gasteiger partial charge in [0.05, 0.1) is 16.7 Å². The van der Waals surface area contributed by atoms with Crippen LogP contribution in [0.3, 0.4) is 0 Å². The molecule has 2 aromatic heterocycles. The zero-order valence-electron chi connectivity index (χ0n) is 26.7. The topological polar surface area (TPSA) is 17.8 Å². The second kappa shape index (κ2) is 11.0. The van der Waals surface area contributed by atoms with Crippen molar-refractivity contribution in [2.75, 3.05) is 0 Å². The molecule has 49 heavy (non-hydrogen) atoms. The molecule has 10 rings (SSSR count). The minimum absolute atomic E-state index is 0.997. The number of fused-ring (bicyclic) bond motifs is 6. The zero-order chi connectivity index (χ0) is 32.3. The van der Waals surface area contributed by atoms with E-state index in [4.69, 9.17) is 4.98 Å². The summed E-state index contributed by atoms with van der Waals surface area (Å²) in [5.74, 6) is 0. The number of hydrogen-bond acceptors (Lipinski definition) is 1. The summed E-state index contributed by atoms with van der Waals surface area (Å²) in [5.41, 5.74) is 10.5. The lowest BCUT2D eigenvalue weighted by molar-refractivity contribution is 1.18. The van der Waals surface area contributed by atoms with Crippen LogP contribution in [0, 0.1) is 0 Å². The Morgan fingerprint density at radius 2 is 0.857 bits per heavy atom. The standard InChI is InChI=1S/C47H30N2/c1-4-17-38-31(10-1)13-8-20-40(38)34-22-24-45-43(29-34)44-30-35(41-21-9-14-32-11-2-5-18-39(32)41)23-25-46(44)49(45)37-16-7-15-36(28-37)47-42-19-6-3-12-33(42)26-27-48-47/h1-30H. The van der Waals surface area contributed by atoms with E-state index in [1.54, 1.807) is 0 Å². The lowest BCUT2D eigenvalue weighted by atomic mass is 9.95.